The number of rotatable bonds is 7. The number of nitrogens with one attached hydrogen (secondary N) is 1. The van der Waals surface area contributed by atoms with Crippen molar-refractivity contribution in [1.29, 1.82) is 0 Å². The van der Waals surface area contributed by atoms with Gasteiger partial charge in [-0.3, -0.25) is 4.79 Å². The highest BCUT2D eigenvalue weighted by Crippen LogP contribution is 2.20. The normalized spacial score (nSPS) is 12.5. The quantitative estimate of drug-likeness (QED) is 0.762. The summed E-state index contributed by atoms with van der Waals surface area (Å²) >= 11 is 0. The minimum atomic E-state index is -0.542. The van der Waals surface area contributed by atoms with E-state index in [1.807, 2.05) is 6.92 Å². The van der Waals surface area contributed by atoms with Gasteiger partial charge in [0.15, 0.2) is 11.5 Å². The van der Waals surface area contributed by atoms with Crippen molar-refractivity contribution in [2.24, 2.45) is 5.73 Å². The smallest absolute Gasteiger partial charge is 0.241 e. The van der Waals surface area contributed by atoms with Crippen molar-refractivity contribution in [3.05, 3.63) is 24.1 Å². The van der Waals surface area contributed by atoms with Gasteiger partial charge in [-0.15, -0.1) is 0 Å². The monoisotopic (exact) mass is 291 g/mol. The van der Waals surface area contributed by atoms with Crippen LogP contribution >= 0.6 is 0 Å². The standard InChI is InChI=1S/C15H21N3O3/c1-3-14-18-12-9-10(6-7-13(12)21-14)17-15(19)11(16)5-4-8-20-2/h6-7,9,11H,3-5,8,16H2,1-2H3,(H,17,19). The highest BCUT2D eigenvalue weighted by Gasteiger charge is 2.14. The van der Waals surface area contributed by atoms with Crippen LogP contribution in [0.3, 0.4) is 0 Å². The van der Waals surface area contributed by atoms with E-state index >= 15 is 0 Å². The topological polar surface area (TPSA) is 90.4 Å². The maximum absolute atomic E-state index is 12.0. The van der Waals surface area contributed by atoms with Crippen molar-refractivity contribution in [2.45, 2.75) is 32.2 Å². The van der Waals surface area contributed by atoms with Crippen molar-refractivity contribution in [3.8, 4) is 0 Å². The molecule has 2 aromatic rings. The summed E-state index contributed by atoms with van der Waals surface area (Å²) < 4.78 is 10.5. The van der Waals surface area contributed by atoms with Crippen molar-refractivity contribution < 1.29 is 13.9 Å². The zero-order valence-corrected chi connectivity index (χ0v) is 12.4. The lowest BCUT2D eigenvalue weighted by molar-refractivity contribution is -0.117. The van der Waals surface area contributed by atoms with Crippen LogP contribution in [0.15, 0.2) is 22.6 Å². The number of ether oxygens (including phenoxy) is 1. The predicted molar refractivity (Wildman–Crippen MR) is 81.1 cm³/mol. The van der Waals surface area contributed by atoms with E-state index in [-0.39, 0.29) is 5.91 Å². The molecule has 0 saturated heterocycles. The Labute approximate surface area is 123 Å². The predicted octanol–water partition coefficient (Wildman–Crippen LogP) is 2.08. The molecule has 0 radical (unpaired) electrons. The lowest BCUT2D eigenvalue weighted by Gasteiger charge is -2.11. The number of aromatic nitrogens is 1. The van der Waals surface area contributed by atoms with E-state index in [2.05, 4.69) is 10.3 Å². The first-order valence-corrected chi connectivity index (χ1v) is 7.09. The molecule has 1 amide bonds. The number of hydrogen-bond acceptors (Lipinski definition) is 5. The van der Waals surface area contributed by atoms with E-state index < -0.39 is 6.04 Å². The van der Waals surface area contributed by atoms with E-state index in [0.29, 0.717) is 30.2 Å². The largest absolute Gasteiger partial charge is 0.441 e. The molecule has 2 rings (SSSR count). The second-order valence-corrected chi connectivity index (χ2v) is 4.87. The van der Waals surface area contributed by atoms with Gasteiger partial charge in [0.2, 0.25) is 5.91 Å². The van der Waals surface area contributed by atoms with Crippen LogP contribution < -0.4 is 11.1 Å². The van der Waals surface area contributed by atoms with Gasteiger partial charge in [-0.25, -0.2) is 4.98 Å². The zero-order chi connectivity index (χ0) is 15.2. The Morgan fingerprint density at radius 3 is 3.05 bits per heavy atom. The first kappa shape index (κ1) is 15.5. The Bertz CT molecular complexity index is 609. The van der Waals surface area contributed by atoms with Crippen molar-refractivity contribution in [3.63, 3.8) is 0 Å². The van der Waals surface area contributed by atoms with E-state index in [4.69, 9.17) is 14.9 Å². The number of methoxy groups -OCH3 is 1. The summed E-state index contributed by atoms with van der Waals surface area (Å²) in [5, 5.41) is 2.80. The van der Waals surface area contributed by atoms with Gasteiger partial charge in [0.05, 0.1) is 6.04 Å². The molecular weight excluding hydrogens is 270 g/mol. The third-order valence-corrected chi connectivity index (χ3v) is 3.20. The average molecular weight is 291 g/mol. The third-order valence-electron chi connectivity index (χ3n) is 3.20. The lowest BCUT2D eigenvalue weighted by atomic mass is 10.1. The number of fused-ring (bicyclic) bond motifs is 1. The number of anilines is 1. The summed E-state index contributed by atoms with van der Waals surface area (Å²) in [6.07, 6.45) is 2.08. The van der Waals surface area contributed by atoms with Gasteiger partial charge in [0.25, 0.3) is 0 Å². The third kappa shape index (κ3) is 4.03. The number of nitrogens with two attached hydrogens (primary N) is 1. The number of amides is 1. The van der Waals surface area contributed by atoms with Gasteiger partial charge in [-0.05, 0) is 31.0 Å². The number of benzene rings is 1. The molecular formula is C15H21N3O3. The number of aryl methyl sites for hydroxylation is 1. The fraction of sp³-hybridized carbons (Fsp3) is 0.467. The molecule has 1 aromatic carbocycles. The molecule has 0 bridgehead atoms. The molecule has 0 aliphatic carbocycles. The Hall–Kier alpha value is -1.92. The van der Waals surface area contributed by atoms with Crippen LogP contribution in [0.4, 0.5) is 5.69 Å². The maximum atomic E-state index is 12.0. The van der Waals surface area contributed by atoms with Crippen molar-refractivity contribution in [2.75, 3.05) is 19.0 Å². The Balaban J connectivity index is 2.00. The van der Waals surface area contributed by atoms with Gasteiger partial charge in [0.1, 0.15) is 5.52 Å². The van der Waals surface area contributed by atoms with Crippen LogP contribution in [-0.4, -0.2) is 30.6 Å². The van der Waals surface area contributed by atoms with E-state index in [1.165, 1.54) is 0 Å². The van der Waals surface area contributed by atoms with Crippen LogP contribution in [0.2, 0.25) is 0 Å². The van der Waals surface area contributed by atoms with Crippen LogP contribution in [-0.2, 0) is 16.0 Å². The summed E-state index contributed by atoms with van der Waals surface area (Å²) in [5.74, 6) is 0.481. The van der Waals surface area contributed by atoms with Crippen molar-refractivity contribution >= 4 is 22.7 Å². The molecule has 6 nitrogen and oxygen atoms in total. The number of oxazole rings is 1. The average Bonchev–Trinajstić information content (AvgIpc) is 2.89. The highest BCUT2D eigenvalue weighted by molar-refractivity contribution is 5.96. The number of carbonyl (C=O) groups is 1. The fourth-order valence-electron chi connectivity index (χ4n) is 2.02. The van der Waals surface area contributed by atoms with Gasteiger partial charge < -0.3 is 20.2 Å². The van der Waals surface area contributed by atoms with E-state index in [9.17, 15) is 4.79 Å². The number of carbonyl (C=O) groups excluding carboxylic acids is 1. The van der Waals surface area contributed by atoms with Crippen molar-refractivity contribution in [1.82, 2.24) is 4.98 Å². The summed E-state index contributed by atoms with van der Waals surface area (Å²) in [6, 6.07) is 4.83. The SMILES string of the molecule is CCc1nc2cc(NC(=O)C(N)CCCOC)ccc2o1. The molecule has 0 fully saturated rings. The first-order chi connectivity index (χ1) is 10.1. The minimum absolute atomic E-state index is 0.204. The molecule has 1 aromatic heterocycles. The second kappa shape index (κ2) is 7.19. The molecule has 6 heteroatoms. The summed E-state index contributed by atoms with van der Waals surface area (Å²) in [7, 11) is 1.63. The lowest BCUT2D eigenvalue weighted by Crippen LogP contribution is -2.35. The molecule has 3 N–H and O–H groups in total. The minimum Gasteiger partial charge on any atom is -0.441 e. The van der Waals surface area contributed by atoms with Gasteiger partial charge >= 0.3 is 0 Å². The van der Waals surface area contributed by atoms with Crippen LogP contribution in [0.5, 0.6) is 0 Å². The molecule has 0 aliphatic heterocycles. The summed E-state index contributed by atoms with van der Waals surface area (Å²) in [5.41, 5.74) is 7.97. The summed E-state index contributed by atoms with van der Waals surface area (Å²) in [4.78, 5) is 16.3. The number of nitrogens with zero attached hydrogens (tertiary/aromatic N) is 1. The van der Waals surface area contributed by atoms with Gasteiger partial charge in [-0.2, -0.15) is 0 Å². The molecule has 21 heavy (non-hydrogen) atoms. The van der Waals surface area contributed by atoms with E-state index in [1.54, 1.807) is 25.3 Å². The fourth-order valence-corrected chi connectivity index (χ4v) is 2.02. The van der Waals surface area contributed by atoms with Gasteiger partial charge in [-0.1, -0.05) is 6.92 Å². The molecule has 1 atom stereocenters. The molecule has 1 unspecified atom stereocenters. The molecule has 1 heterocycles. The molecule has 114 valence electrons. The summed E-state index contributed by atoms with van der Waals surface area (Å²) in [6.45, 7) is 2.58. The Morgan fingerprint density at radius 2 is 2.33 bits per heavy atom. The van der Waals surface area contributed by atoms with Crippen LogP contribution in [0.1, 0.15) is 25.7 Å². The maximum Gasteiger partial charge on any atom is 0.241 e. The Morgan fingerprint density at radius 1 is 1.52 bits per heavy atom. The highest BCUT2D eigenvalue weighted by atomic mass is 16.5. The zero-order valence-electron chi connectivity index (χ0n) is 12.4. The Kier molecular flexibility index (Phi) is 5.30. The van der Waals surface area contributed by atoms with Crippen LogP contribution in [0, 0.1) is 0 Å². The van der Waals surface area contributed by atoms with Gasteiger partial charge in [0, 0.05) is 25.8 Å². The molecule has 0 aliphatic rings. The van der Waals surface area contributed by atoms with E-state index in [0.717, 1.165) is 18.4 Å². The molecule has 0 spiro atoms. The number of hydrogen-bond donors (Lipinski definition) is 2. The first-order valence-electron chi connectivity index (χ1n) is 7.09. The second-order valence-electron chi connectivity index (χ2n) is 4.87. The molecule has 0 saturated carbocycles. The van der Waals surface area contributed by atoms with Crippen LogP contribution in [0.25, 0.3) is 11.1 Å².